The van der Waals surface area contributed by atoms with Crippen LogP contribution >= 0.6 is 0 Å². The second-order valence-electron chi connectivity index (χ2n) is 8.27. The van der Waals surface area contributed by atoms with Crippen molar-refractivity contribution in [2.75, 3.05) is 11.9 Å². The lowest BCUT2D eigenvalue weighted by atomic mass is 9.64. The number of anilines is 1. The highest BCUT2D eigenvalue weighted by molar-refractivity contribution is 5.87. The van der Waals surface area contributed by atoms with Crippen LogP contribution in [0.1, 0.15) is 41.9 Å². The van der Waals surface area contributed by atoms with Crippen LogP contribution in [0.15, 0.2) is 72.8 Å². The number of rotatable bonds is 5. The molecular formula is C26H23NO4. The molecule has 0 atom stereocenters. The molecule has 0 aromatic heterocycles. The molecule has 0 saturated heterocycles. The van der Waals surface area contributed by atoms with E-state index in [4.69, 9.17) is 4.74 Å². The number of hydrogen-bond donors (Lipinski definition) is 2. The third kappa shape index (κ3) is 3.26. The van der Waals surface area contributed by atoms with Gasteiger partial charge in [0.1, 0.15) is 6.61 Å². The number of hydrogen-bond acceptors (Lipinski definition) is 3. The number of carbonyl (C=O) groups is 2. The second-order valence-corrected chi connectivity index (χ2v) is 8.27. The molecule has 0 aliphatic heterocycles. The van der Waals surface area contributed by atoms with Crippen LogP contribution in [-0.4, -0.2) is 23.8 Å². The van der Waals surface area contributed by atoms with Gasteiger partial charge in [0.25, 0.3) is 0 Å². The number of aliphatic carboxylic acids is 1. The fraction of sp³-hybridized carbons (Fsp3) is 0.231. The number of carboxylic acids is 1. The first-order chi connectivity index (χ1) is 15.1. The molecule has 1 saturated carbocycles. The van der Waals surface area contributed by atoms with Crippen molar-refractivity contribution in [3.05, 3.63) is 89.5 Å². The third-order valence-electron chi connectivity index (χ3n) is 6.62. The average molecular weight is 413 g/mol. The monoisotopic (exact) mass is 413 g/mol. The predicted octanol–water partition coefficient (Wildman–Crippen LogP) is 5.55. The van der Waals surface area contributed by atoms with E-state index in [1.165, 1.54) is 11.1 Å². The third-order valence-corrected chi connectivity index (χ3v) is 6.62. The smallest absolute Gasteiger partial charge is 0.411 e. The van der Waals surface area contributed by atoms with E-state index >= 15 is 0 Å². The fourth-order valence-corrected chi connectivity index (χ4v) is 4.80. The molecule has 31 heavy (non-hydrogen) atoms. The zero-order valence-corrected chi connectivity index (χ0v) is 17.0. The van der Waals surface area contributed by atoms with Gasteiger partial charge in [0.05, 0.1) is 5.41 Å². The van der Waals surface area contributed by atoms with Gasteiger partial charge in [-0.25, -0.2) is 4.79 Å². The first-order valence-corrected chi connectivity index (χ1v) is 10.5. The van der Waals surface area contributed by atoms with Gasteiger partial charge in [-0.05, 0) is 52.8 Å². The Morgan fingerprint density at radius 3 is 2.16 bits per heavy atom. The molecule has 2 N–H and O–H groups in total. The molecule has 3 aromatic rings. The van der Waals surface area contributed by atoms with Gasteiger partial charge < -0.3 is 9.84 Å². The van der Waals surface area contributed by atoms with Crippen molar-refractivity contribution in [2.24, 2.45) is 0 Å². The van der Waals surface area contributed by atoms with E-state index in [2.05, 4.69) is 29.6 Å². The van der Waals surface area contributed by atoms with Gasteiger partial charge in [0.15, 0.2) is 0 Å². The van der Waals surface area contributed by atoms with Crippen molar-refractivity contribution in [1.29, 1.82) is 0 Å². The van der Waals surface area contributed by atoms with Crippen LogP contribution < -0.4 is 5.32 Å². The lowest BCUT2D eigenvalue weighted by Gasteiger charge is -2.38. The zero-order valence-electron chi connectivity index (χ0n) is 17.0. The maximum Gasteiger partial charge on any atom is 0.411 e. The normalized spacial score (nSPS) is 16.0. The Kier molecular flexibility index (Phi) is 4.74. The second kappa shape index (κ2) is 7.58. The standard InChI is InChI=1S/C26H23NO4/c28-24(29)26(13-6-14-26)17-7-5-8-18(15-17)27-25(30)31-16-23-21-11-3-1-9-19(21)20-10-2-4-12-22(20)23/h1-5,7-12,15,23H,6,13-14,16H2,(H,27,30)(H,28,29). The van der Waals surface area contributed by atoms with Crippen LogP contribution in [0.4, 0.5) is 10.5 Å². The molecule has 2 aliphatic carbocycles. The summed E-state index contributed by atoms with van der Waals surface area (Å²) in [6.07, 6.45) is 1.60. The van der Waals surface area contributed by atoms with Crippen LogP contribution in [0.25, 0.3) is 11.1 Å². The summed E-state index contributed by atoms with van der Waals surface area (Å²) in [6.45, 7) is 0.235. The number of carbonyl (C=O) groups excluding carboxylic acids is 1. The highest BCUT2D eigenvalue weighted by Gasteiger charge is 2.46. The van der Waals surface area contributed by atoms with Gasteiger partial charge in [0.2, 0.25) is 0 Å². The largest absolute Gasteiger partial charge is 0.481 e. The molecule has 0 bridgehead atoms. The molecule has 0 unspecified atom stereocenters. The topological polar surface area (TPSA) is 75.6 Å². The van der Waals surface area contributed by atoms with E-state index in [9.17, 15) is 14.7 Å². The maximum atomic E-state index is 12.5. The van der Waals surface area contributed by atoms with Crippen LogP contribution in [-0.2, 0) is 14.9 Å². The maximum absolute atomic E-state index is 12.5. The van der Waals surface area contributed by atoms with E-state index in [0.717, 1.165) is 23.1 Å². The fourth-order valence-electron chi connectivity index (χ4n) is 4.80. The van der Waals surface area contributed by atoms with Gasteiger partial charge in [0, 0.05) is 11.6 Å². The number of fused-ring (bicyclic) bond motifs is 3. The quantitative estimate of drug-likeness (QED) is 0.575. The van der Waals surface area contributed by atoms with E-state index < -0.39 is 17.5 Å². The van der Waals surface area contributed by atoms with Crippen LogP contribution in [0.3, 0.4) is 0 Å². The van der Waals surface area contributed by atoms with E-state index in [1.54, 1.807) is 18.2 Å². The number of carboxylic acid groups (broad SMARTS) is 1. The Labute approximate surface area is 180 Å². The Hall–Kier alpha value is -3.60. The van der Waals surface area contributed by atoms with Gasteiger partial charge >= 0.3 is 12.1 Å². The molecule has 3 aromatic carbocycles. The molecule has 2 aliphatic rings. The first-order valence-electron chi connectivity index (χ1n) is 10.5. The summed E-state index contributed by atoms with van der Waals surface area (Å²) >= 11 is 0. The molecule has 5 nitrogen and oxygen atoms in total. The van der Waals surface area contributed by atoms with Crippen molar-refractivity contribution < 1.29 is 19.4 Å². The Balaban J connectivity index is 1.29. The van der Waals surface area contributed by atoms with Gasteiger partial charge in [-0.1, -0.05) is 67.1 Å². The van der Waals surface area contributed by atoms with Gasteiger partial charge in [-0.15, -0.1) is 0 Å². The molecule has 0 heterocycles. The number of ether oxygens (including phenoxy) is 1. The average Bonchev–Trinajstić information content (AvgIpc) is 3.05. The lowest BCUT2D eigenvalue weighted by molar-refractivity contribution is -0.147. The van der Waals surface area contributed by atoms with Gasteiger partial charge in [-0.3, -0.25) is 10.1 Å². The molecule has 1 fully saturated rings. The molecule has 5 heteroatoms. The highest BCUT2D eigenvalue weighted by Crippen LogP contribution is 2.45. The van der Waals surface area contributed by atoms with E-state index in [-0.39, 0.29) is 12.5 Å². The van der Waals surface area contributed by atoms with Crippen molar-refractivity contribution in [3.63, 3.8) is 0 Å². The van der Waals surface area contributed by atoms with Crippen LogP contribution in [0, 0.1) is 0 Å². The zero-order chi connectivity index (χ0) is 21.4. The SMILES string of the molecule is O=C(Nc1cccc(C2(C(=O)O)CCC2)c1)OCC1c2ccccc2-c2ccccc21. The Morgan fingerprint density at radius 2 is 1.58 bits per heavy atom. The summed E-state index contributed by atoms with van der Waals surface area (Å²) in [6, 6.07) is 23.5. The molecule has 1 amide bonds. The van der Waals surface area contributed by atoms with E-state index in [1.807, 2.05) is 30.3 Å². The van der Waals surface area contributed by atoms with E-state index in [0.29, 0.717) is 18.5 Å². The minimum absolute atomic E-state index is 0.00487. The number of amides is 1. The summed E-state index contributed by atoms with van der Waals surface area (Å²) in [5.41, 5.74) is 5.11. The molecule has 5 rings (SSSR count). The summed E-state index contributed by atoms with van der Waals surface area (Å²) in [4.78, 5) is 24.3. The summed E-state index contributed by atoms with van der Waals surface area (Å²) < 4.78 is 5.59. The summed E-state index contributed by atoms with van der Waals surface area (Å²) in [5, 5.41) is 12.4. The number of nitrogens with one attached hydrogen (secondary N) is 1. The molecule has 0 spiro atoms. The molecule has 0 radical (unpaired) electrons. The first kappa shape index (κ1) is 19.4. The Bertz CT molecular complexity index is 1120. The van der Waals surface area contributed by atoms with Crippen molar-refractivity contribution in [2.45, 2.75) is 30.6 Å². The van der Waals surface area contributed by atoms with Crippen LogP contribution in [0.5, 0.6) is 0 Å². The van der Waals surface area contributed by atoms with Crippen molar-refractivity contribution in [1.82, 2.24) is 0 Å². The Morgan fingerprint density at radius 1 is 0.935 bits per heavy atom. The minimum Gasteiger partial charge on any atom is -0.481 e. The van der Waals surface area contributed by atoms with Crippen molar-refractivity contribution >= 4 is 17.7 Å². The summed E-state index contributed by atoms with van der Waals surface area (Å²) in [5.74, 6) is -0.813. The lowest BCUT2D eigenvalue weighted by Crippen LogP contribution is -2.42. The summed E-state index contributed by atoms with van der Waals surface area (Å²) in [7, 11) is 0. The highest BCUT2D eigenvalue weighted by atomic mass is 16.5. The minimum atomic E-state index is -0.834. The number of benzene rings is 3. The van der Waals surface area contributed by atoms with Crippen molar-refractivity contribution in [3.8, 4) is 11.1 Å². The molecule has 156 valence electrons. The van der Waals surface area contributed by atoms with Gasteiger partial charge in [-0.2, -0.15) is 0 Å². The van der Waals surface area contributed by atoms with Crippen LogP contribution in [0.2, 0.25) is 0 Å². The molecular weight excluding hydrogens is 390 g/mol. The predicted molar refractivity (Wildman–Crippen MR) is 118 cm³/mol.